The first-order chi connectivity index (χ1) is 6.75. The Balaban J connectivity index is 2.03. The van der Waals surface area contributed by atoms with Crippen LogP contribution >= 0.6 is 0 Å². The van der Waals surface area contributed by atoms with E-state index in [9.17, 15) is 9.59 Å². The molecule has 1 amide bonds. The molecule has 0 atom stereocenters. The SMILES string of the molecule is O=C(NC1CNC1)c1ccc(=O)oc1. The van der Waals surface area contributed by atoms with Crippen molar-refractivity contribution in [2.24, 2.45) is 0 Å². The van der Waals surface area contributed by atoms with Gasteiger partial charge in [0.1, 0.15) is 6.26 Å². The second kappa shape index (κ2) is 3.63. The molecule has 0 aromatic carbocycles. The predicted molar refractivity (Wildman–Crippen MR) is 49.1 cm³/mol. The fraction of sp³-hybridized carbons (Fsp3) is 0.333. The van der Waals surface area contributed by atoms with Crippen LogP contribution in [0.5, 0.6) is 0 Å². The van der Waals surface area contributed by atoms with Crippen molar-refractivity contribution in [3.8, 4) is 0 Å². The maximum Gasteiger partial charge on any atom is 0.335 e. The average Bonchev–Trinajstić information content (AvgIpc) is 2.12. The van der Waals surface area contributed by atoms with Crippen molar-refractivity contribution in [1.29, 1.82) is 0 Å². The average molecular weight is 194 g/mol. The van der Waals surface area contributed by atoms with E-state index >= 15 is 0 Å². The van der Waals surface area contributed by atoms with Crippen molar-refractivity contribution < 1.29 is 9.21 Å². The first-order valence-corrected chi connectivity index (χ1v) is 4.36. The van der Waals surface area contributed by atoms with Gasteiger partial charge in [-0.2, -0.15) is 0 Å². The smallest absolute Gasteiger partial charge is 0.335 e. The highest BCUT2D eigenvalue weighted by molar-refractivity contribution is 5.93. The molecular weight excluding hydrogens is 184 g/mol. The van der Waals surface area contributed by atoms with Crippen molar-refractivity contribution >= 4 is 5.91 Å². The van der Waals surface area contributed by atoms with Crippen molar-refractivity contribution in [3.63, 3.8) is 0 Å². The van der Waals surface area contributed by atoms with Crippen molar-refractivity contribution in [3.05, 3.63) is 34.4 Å². The van der Waals surface area contributed by atoms with Gasteiger partial charge in [-0.3, -0.25) is 4.79 Å². The Hall–Kier alpha value is -1.62. The van der Waals surface area contributed by atoms with Crippen molar-refractivity contribution in [2.45, 2.75) is 6.04 Å². The van der Waals surface area contributed by atoms with Crippen molar-refractivity contribution in [1.82, 2.24) is 10.6 Å². The number of hydrogen-bond acceptors (Lipinski definition) is 4. The monoisotopic (exact) mass is 194 g/mol. The molecule has 5 heteroatoms. The quantitative estimate of drug-likeness (QED) is 0.655. The molecule has 1 fully saturated rings. The van der Waals surface area contributed by atoms with Crippen LogP contribution in [0, 0.1) is 0 Å². The Labute approximate surface area is 80.1 Å². The molecule has 0 spiro atoms. The van der Waals surface area contributed by atoms with Crippen LogP contribution in [0.25, 0.3) is 0 Å². The highest BCUT2D eigenvalue weighted by Crippen LogP contribution is 1.98. The highest BCUT2D eigenvalue weighted by Gasteiger charge is 2.19. The summed E-state index contributed by atoms with van der Waals surface area (Å²) in [6.07, 6.45) is 1.17. The standard InChI is InChI=1S/C9H10N2O3/c12-8-2-1-6(5-14-8)9(13)11-7-3-10-4-7/h1-2,5,7,10H,3-4H2,(H,11,13). The second-order valence-corrected chi connectivity index (χ2v) is 3.17. The molecule has 2 heterocycles. The Bertz CT molecular complexity index is 375. The van der Waals surface area contributed by atoms with Crippen LogP contribution in [-0.2, 0) is 0 Å². The number of rotatable bonds is 2. The molecule has 0 unspecified atom stereocenters. The minimum Gasteiger partial charge on any atom is -0.430 e. The van der Waals surface area contributed by atoms with Crippen LogP contribution in [0.1, 0.15) is 10.4 Å². The van der Waals surface area contributed by atoms with Gasteiger partial charge in [-0.05, 0) is 6.07 Å². The predicted octanol–water partition coefficient (Wildman–Crippen LogP) is -0.659. The lowest BCUT2D eigenvalue weighted by Gasteiger charge is -2.27. The molecule has 1 aliphatic rings. The first-order valence-electron chi connectivity index (χ1n) is 4.36. The number of nitrogens with one attached hydrogen (secondary N) is 2. The molecule has 74 valence electrons. The molecule has 0 aliphatic carbocycles. The maximum atomic E-state index is 11.5. The van der Waals surface area contributed by atoms with E-state index in [2.05, 4.69) is 15.1 Å². The number of carbonyl (C=O) groups excluding carboxylic acids is 1. The lowest BCUT2D eigenvalue weighted by atomic mass is 10.1. The lowest BCUT2D eigenvalue weighted by Crippen LogP contribution is -2.56. The third-order valence-electron chi connectivity index (χ3n) is 2.08. The first kappa shape index (κ1) is 8.96. The van der Waals surface area contributed by atoms with Gasteiger partial charge in [0.05, 0.1) is 11.6 Å². The second-order valence-electron chi connectivity index (χ2n) is 3.17. The molecule has 1 saturated heterocycles. The fourth-order valence-corrected chi connectivity index (χ4v) is 1.15. The van der Waals surface area contributed by atoms with Gasteiger partial charge in [0, 0.05) is 19.2 Å². The van der Waals surface area contributed by atoms with Gasteiger partial charge >= 0.3 is 5.63 Å². The zero-order chi connectivity index (χ0) is 9.97. The Morgan fingerprint density at radius 1 is 1.50 bits per heavy atom. The van der Waals surface area contributed by atoms with E-state index in [1.807, 2.05) is 0 Å². The summed E-state index contributed by atoms with van der Waals surface area (Å²) in [5, 5.41) is 5.83. The molecule has 2 N–H and O–H groups in total. The Morgan fingerprint density at radius 3 is 2.79 bits per heavy atom. The number of hydrogen-bond donors (Lipinski definition) is 2. The maximum absolute atomic E-state index is 11.5. The van der Waals surface area contributed by atoms with E-state index in [1.165, 1.54) is 18.4 Å². The molecule has 5 nitrogen and oxygen atoms in total. The minimum absolute atomic E-state index is 0.189. The topological polar surface area (TPSA) is 71.3 Å². The highest BCUT2D eigenvalue weighted by atomic mass is 16.4. The zero-order valence-corrected chi connectivity index (χ0v) is 7.45. The summed E-state index contributed by atoms with van der Waals surface area (Å²) in [7, 11) is 0. The van der Waals surface area contributed by atoms with Crippen LogP contribution in [0.2, 0.25) is 0 Å². The number of carbonyl (C=O) groups is 1. The van der Waals surface area contributed by atoms with Gasteiger partial charge in [-0.1, -0.05) is 0 Å². The van der Waals surface area contributed by atoms with Gasteiger partial charge in [0.2, 0.25) is 0 Å². The lowest BCUT2D eigenvalue weighted by molar-refractivity contribution is 0.0921. The molecule has 0 bridgehead atoms. The summed E-state index contributed by atoms with van der Waals surface area (Å²) >= 11 is 0. The van der Waals surface area contributed by atoms with Crippen LogP contribution in [0.3, 0.4) is 0 Å². The van der Waals surface area contributed by atoms with Crippen LogP contribution in [-0.4, -0.2) is 25.0 Å². The summed E-state index contributed by atoms with van der Waals surface area (Å²) in [6, 6.07) is 2.87. The van der Waals surface area contributed by atoms with Gasteiger partial charge in [0.15, 0.2) is 0 Å². The van der Waals surface area contributed by atoms with E-state index < -0.39 is 5.63 Å². The summed E-state index contributed by atoms with van der Waals surface area (Å²) < 4.78 is 4.58. The van der Waals surface area contributed by atoms with Crippen LogP contribution < -0.4 is 16.3 Å². The molecule has 1 aliphatic heterocycles. The Kier molecular flexibility index (Phi) is 2.32. The van der Waals surface area contributed by atoms with Gasteiger partial charge in [-0.25, -0.2) is 4.79 Å². The van der Waals surface area contributed by atoms with Gasteiger partial charge in [-0.15, -0.1) is 0 Å². The molecule has 2 rings (SSSR count). The summed E-state index contributed by atoms with van der Waals surface area (Å²) in [4.78, 5) is 22.1. The van der Waals surface area contributed by atoms with E-state index in [4.69, 9.17) is 0 Å². The fourth-order valence-electron chi connectivity index (χ4n) is 1.15. The van der Waals surface area contributed by atoms with Crippen LogP contribution in [0.15, 0.2) is 27.6 Å². The van der Waals surface area contributed by atoms with Crippen LogP contribution in [0.4, 0.5) is 0 Å². The Morgan fingerprint density at radius 2 is 2.29 bits per heavy atom. The molecule has 0 saturated carbocycles. The summed E-state index contributed by atoms with van der Waals surface area (Å²) in [5.74, 6) is -0.208. The third-order valence-corrected chi connectivity index (χ3v) is 2.08. The van der Waals surface area contributed by atoms with E-state index in [0.717, 1.165) is 13.1 Å². The van der Waals surface area contributed by atoms with E-state index in [1.54, 1.807) is 0 Å². The van der Waals surface area contributed by atoms with E-state index in [-0.39, 0.29) is 11.9 Å². The molecule has 0 radical (unpaired) electrons. The normalized spacial score (nSPS) is 16.0. The largest absolute Gasteiger partial charge is 0.430 e. The van der Waals surface area contributed by atoms with E-state index in [0.29, 0.717) is 5.56 Å². The number of amides is 1. The van der Waals surface area contributed by atoms with Crippen molar-refractivity contribution in [2.75, 3.05) is 13.1 Å². The molecule has 1 aromatic heterocycles. The van der Waals surface area contributed by atoms with Gasteiger partial charge < -0.3 is 15.1 Å². The third kappa shape index (κ3) is 1.82. The molecule has 1 aromatic rings. The summed E-state index contributed by atoms with van der Waals surface area (Å²) in [6.45, 7) is 1.59. The minimum atomic E-state index is -0.452. The van der Waals surface area contributed by atoms with Gasteiger partial charge in [0.25, 0.3) is 5.91 Å². The zero-order valence-electron chi connectivity index (χ0n) is 7.45. The molecular formula is C9H10N2O3. The summed E-state index contributed by atoms with van der Waals surface area (Å²) in [5.41, 5.74) is -0.0802. The molecule has 14 heavy (non-hydrogen) atoms.